The van der Waals surface area contributed by atoms with Crippen molar-refractivity contribution < 1.29 is 0 Å². The van der Waals surface area contributed by atoms with E-state index in [0.717, 1.165) is 19.5 Å². The van der Waals surface area contributed by atoms with E-state index in [0.29, 0.717) is 11.8 Å². The van der Waals surface area contributed by atoms with Gasteiger partial charge >= 0.3 is 0 Å². The molecular weight excluding hydrogens is 208 g/mol. The Morgan fingerprint density at radius 1 is 1.29 bits per heavy atom. The minimum atomic E-state index is 0.541. The van der Waals surface area contributed by atoms with Gasteiger partial charge in [0.05, 0.1) is 0 Å². The van der Waals surface area contributed by atoms with Crippen LogP contribution in [0.15, 0.2) is 18.2 Å². The van der Waals surface area contributed by atoms with E-state index in [-0.39, 0.29) is 0 Å². The maximum Gasteiger partial charge on any atom is 0.0402 e. The average Bonchev–Trinajstić information content (AvgIpc) is 2.31. The van der Waals surface area contributed by atoms with Gasteiger partial charge in [-0.1, -0.05) is 39.0 Å². The van der Waals surface area contributed by atoms with Crippen molar-refractivity contribution in [2.24, 2.45) is 17.6 Å². The third kappa shape index (κ3) is 3.74. The summed E-state index contributed by atoms with van der Waals surface area (Å²) in [6.07, 6.45) is 1.07. The zero-order chi connectivity index (χ0) is 12.8. The van der Waals surface area contributed by atoms with Gasteiger partial charge in [0.15, 0.2) is 0 Å². The summed E-state index contributed by atoms with van der Waals surface area (Å²) in [7, 11) is 0. The fourth-order valence-electron chi connectivity index (χ4n) is 2.10. The highest BCUT2D eigenvalue weighted by molar-refractivity contribution is 5.57. The zero-order valence-corrected chi connectivity index (χ0v) is 11.6. The molecule has 0 aliphatic rings. The van der Waals surface area contributed by atoms with Gasteiger partial charge in [0, 0.05) is 12.2 Å². The van der Waals surface area contributed by atoms with Crippen LogP contribution in [0.1, 0.15) is 31.9 Å². The van der Waals surface area contributed by atoms with E-state index in [1.807, 2.05) is 0 Å². The van der Waals surface area contributed by atoms with E-state index in [4.69, 9.17) is 5.73 Å². The quantitative estimate of drug-likeness (QED) is 0.793. The molecule has 0 saturated heterocycles. The largest absolute Gasteiger partial charge is 0.384 e. The van der Waals surface area contributed by atoms with Crippen LogP contribution >= 0.6 is 0 Å². The Bertz CT molecular complexity index is 345. The fourth-order valence-corrected chi connectivity index (χ4v) is 2.10. The molecule has 0 bridgehead atoms. The molecule has 1 unspecified atom stereocenters. The van der Waals surface area contributed by atoms with Gasteiger partial charge < -0.3 is 11.1 Å². The molecule has 2 nitrogen and oxygen atoms in total. The minimum Gasteiger partial charge on any atom is -0.384 e. The van der Waals surface area contributed by atoms with Crippen LogP contribution in [0.4, 0.5) is 5.69 Å². The second-order valence-electron chi connectivity index (χ2n) is 5.08. The van der Waals surface area contributed by atoms with Crippen molar-refractivity contribution in [3.63, 3.8) is 0 Å². The monoisotopic (exact) mass is 234 g/mol. The van der Waals surface area contributed by atoms with Crippen LogP contribution < -0.4 is 11.1 Å². The molecule has 0 saturated carbocycles. The van der Waals surface area contributed by atoms with Crippen LogP contribution in [0.25, 0.3) is 0 Å². The van der Waals surface area contributed by atoms with Gasteiger partial charge in [0.2, 0.25) is 0 Å². The number of anilines is 1. The molecule has 1 aromatic carbocycles. The number of para-hydroxylation sites is 1. The van der Waals surface area contributed by atoms with E-state index in [2.05, 4.69) is 51.2 Å². The molecule has 1 rings (SSSR count). The molecule has 96 valence electrons. The van der Waals surface area contributed by atoms with E-state index in [1.54, 1.807) is 0 Å². The molecule has 0 heterocycles. The van der Waals surface area contributed by atoms with Crippen LogP contribution in [0.3, 0.4) is 0 Å². The highest BCUT2D eigenvalue weighted by Crippen LogP contribution is 2.22. The van der Waals surface area contributed by atoms with Crippen molar-refractivity contribution >= 4 is 5.69 Å². The minimum absolute atomic E-state index is 0.541. The molecular formula is C15H26N2. The molecule has 3 N–H and O–H groups in total. The Hall–Kier alpha value is -1.02. The van der Waals surface area contributed by atoms with Gasteiger partial charge in [-0.2, -0.15) is 0 Å². The van der Waals surface area contributed by atoms with Gasteiger partial charge in [-0.05, 0) is 42.9 Å². The van der Waals surface area contributed by atoms with Gasteiger partial charge in [-0.3, -0.25) is 0 Å². The lowest BCUT2D eigenvalue weighted by molar-refractivity contribution is 0.413. The topological polar surface area (TPSA) is 38.0 Å². The Kier molecular flexibility index (Phi) is 5.49. The SMILES string of the molecule is CCc1cccc(C)c1NCC(CN)C(C)C. The van der Waals surface area contributed by atoms with E-state index in [1.165, 1.54) is 16.8 Å². The second kappa shape index (κ2) is 6.65. The van der Waals surface area contributed by atoms with Crippen molar-refractivity contribution in [3.8, 4) is 0 Å². The van der Waals surface area contributed by atoms with E-state index >= 15 is 0 Å². The highest BCUT2D eigenvalue weighted by Gasteiger charge is 2.12. The van der Waals surface area contributed by atoms with Crippen molar-refractivity contribution in [1.29, 1.82) is 0 Å². The molecule has 0 aromatic heterocycles. The number of nitrogens with two attached hydrogens (primary N) is 1. The van der Waals surface area contributed by atoms with Crippen molar-refractivity contribution in [1.82, 2.24) is 0 Å². The smallest absolute Gasteiger partial charge is 0.0402 e. The lowest BCUT2D eigenvalue weighted by Gasteiger charge is -2.22. The third-order valence-electron chi connectivity index (χ3n) is 3.53. The standard InChI is InChI=1S/C15H26N2/c1-5-13-8-6-7-12(4)15(13)17-10-14(9-16)11(2)3/h6-8,11,14,17H,5,9-10,16H2,1-4H3. The van der Waals surface area contributed by atoms with Crippen LogP contribution in [0, 0.1) is 18.8 Å². The Morgan fingerprint density at radius 3 is 2.53 bits per heavy atom. The summed E-state index contributed by atoms with van der Waals surface area (Å²) in [6.45, 7) is 10.5. The molecule has 0 fully saturated rings. The van der Waals surface area contributed by atoms with Crippen LogP contribution in [0.2, 0.25) is 0 Å². The molecule has 0 aliphatic carbocycles. The van der Waals surface area contributed by atoms with Crippen molar-refractivity contribution in [3.05, 3.63) is 29.3 Å². The Balaban J connectivity index is 2.74. The summed E-state index contributed by atoms with van der Waals surface area (Å²) >= 11 is 0. The van der Waals surface area contributed by atoms with Crippen LogP contribution in [0.5, 0.6) is 0 Å². The molecule has 0 radical (unpaired) electrons. The first-order valence-corrected chi connectivity index (χ1v) is 6.62. The number of nitrogens with one attached hydrogen (secondary N) is 1. The summed E-state index contributed by atoms with van der Waals surface area (Å²) < 4.78 is 0. The summed E-state index contributed by atoms with van der Waals surface area (Å²) in [5, 5.41) is 3.58. The number of aryl methyl sites for hydroxylation is 2. The average molecular weight is 234 g/mol. The maximum atomic E-state index is 5.81. The molecule has 1 aromatic rings. The summed E-state index contributed by atoms with van der Waals surface area (Å²) in [5.41, 5.74) is 9.82. The van der Waals surface area contributed by atoms with Gasteiger partial charge in [-0.25, -0.2) is 0 Å². The maximum absolute atomic E-state index is 5.81. The summed E-state index contributed by atoms with van der Waals surface area (Å²) in [4.78, 5) is 0. The van der Waals surface area contributed by atoms with Crippen molar-refractivity contribution in [2.45, 2.75) is 34.1 Å². The molecule has 0 spiro atoms. The van der Waals surface area contributed by atoms with E-state index in [9.17, 15) is 0 Å². The Morgan fingerprint density at radius 2 is 2.00 bits per heavy atom. The Labute approximate surface area is 106 Å². The van der Waals surface area contributed by atoms with Gasteiger partial charge in [0.1, 0.15) is 0 Å². The van der Waals surface area contributed by atoms with Crippen LogP contribution in [-0.2, 0) is 6.42 Å². The predicted molar refractivity (Wildman–Crippen MR) is 76.4 cm³/mol. The normalized spacial score (nSPS) is 12.8. The molecule has 0 amide bonds. The molecule has 0 aliphatic heterocycles. The zero-order valence-electron chi connectivity index (χ0n) is 11.6. The van der Waals surface area contributed by atoms with E-state index < -0.39 is 0 Å². The van der Waals surface area contributed by atoms with Gasteiger partial charge in [-0.15, -0.1) is 0 Å². The lowest BCUT2D eigenvalue weighted by atomic mass is 9.95. The first-order chi connectivity index (χ1) is 8.10. The lowest BCUT2D eigenvalue weighted by Crippen LogP contribution is -2.27. The number of rotatable bonds is 6. The third-order valence-corrected chi connectivity index (χ3v) is 3.53. The fraction of sp³-hybridized carbons (Fsp3) is 0.600. The predicted octanol–water partition coefficient (Wildman–Crippen LogP) is 3.20. The molecule has 17 heavy (non-hydrogen) atoms. The number of benzene rings is 1. The number of hydrogen-bond acceptors (Lipinski definition) is 2. The first kappa shape index (κ1) is 14.0. The number of hydrogen-bond donors (Lipinski definition) is 2. The van der Waals surface area contributed by atoms with Crippen molar-refractivity contribution in [2.75, 3.05) is 18.4 Å². The first-order valence-electron chi connectivity index (χ1n) is 6.62. The summed E-state index contributed by atoms with van der Waals surface area (Å²) in [5.74, 6) is 1.17. The highest BCUT2D eigenvalue weighted by atomic mass is 14.9. The second-order valence-corrected chi connectivity index (χ2v) is 5.08. The van der Waals surface area contributed by atoms with Gasteiger partial charge in [0.25, 0.3) is 0 Å². The molecule has 1 atom stereocenters. The van der Waals surface area contributed by atoms with Crippen LogP contribution in [-0.4, -0.2) is 13.1 Å². The summed E-state index contributed by atoms with van der Waals surface area (Å²) in [6, 6.07) is 6.48. The molecule has 2 heteroatoms.